The maximum absolute atomic E-state index is 16.2. The molecule has 7 aromatic rings. The predicted octanol–water partition coefficient (Wildman–Crippen LogP) is 18.8. The highest BCUT2D eigenvalue weighted by Gasteiger charge is 2.34. The Morgan fingerprint density at radius 1 is 0.626 bits per heavy atom. The second kappa shape index (κ2) is 35.0. The fraction of sp³-hybridized carbons (Fsp3) is 0.392. The first-order valence-corrected chi connectivity index (χ1v) is 37.1. The highest BCUT2D eigenvalue weighted by Crippen LogP contribution is 2.43. The molecule has 1 saturated heterocycles. The van der Waals surface area contributed by atoms with Crippen molar-refractivity contribution in [2.24, 2.45) is 9.98 Å². The molecule has 0 unspecified atom stereocenters. The molecule has 6 heterocycles. The minimum Gasteiger partial charge on any atom is -0.494 e. The lowest BCUT2D eigenvalue weighted by Crippen LogP contribution is -2.28. The molecular weight excluding hydrogens is 1290 g/mol. The Morgan fingerprint density at radius 2 is 1.22 bits per heavy atom. The van der Waals surface area contributed by atoms with Gasteiger partial charge in [-0.15, -0.1) is 5.10 Å². The van der Waals surface area contributed by atoms with Gasteiger partial charge < -0.3 is 32.8 Å². The zero-order valence-corrected chi connectivity index (χ0v) is 61.0. The number of allylic oxidation sites excluding steroid dienone is 5. The van der Waals surface area contributed by atoms with Crippen LogP contribution in [0.25, 0.3) is 29.4 Å². The topological polar surface area (TPSA) is 105 Å². The van der Waals surface area contributed by atoms with Gasteiger partial charge in [0.1, 0.15) is 23.8 Å². The first-order chi connectivity index (χ1) is 47.8. The Bertz CT molecular complexity index is 4140. The standard InChI is InChI=1S/C79H94B2F4N8O4S2/c1-12-69-58(7)76(87-71(69)36-22-60-18-30-66(31-19-60)90-39-46-98-48-44-94-42-43-95-45-49-99-47-40-90)74(62-24-28-64(29-25-62)79(9,10)11)78-59(8)70(13-2)72(93(78)81(84)85)37-23-61-20-32-67(33-21-61)96-41-17-15-14-16-38-91-52-65(88-89-91)53-97-68-34-26-63(27-35-68)73(75-54(3)50-56(5)86-75)77-55(4)51-57(6)92(77)80(82)83/h18-37,50-52H,12-17,38-49,53H2,1-11H3/b36-22+,37-23+,75-73-,76-74-. The Labute approximate surface area is 592 Å². The molecule has 1 fully saturated rings. The molecule has 0 radical (unpaired) electrons. The van der Waals surface area contributed by atoms with Crippen molar-refractivity contribution in [1.82, 2.24) is 24.0 Å². The summed E-state index contributed by atoms with van der Waals surface area (Å²) in [6.45, 7) is 28.4. The smallest absolute Gasteiger partial charge is 0.494 e. The van der Waals surface area contributed by atoms with E-state index in [-0.39, 0.29) is 12.0 Å². The third-order valence-electron chi connectivity index (χ3n) is 18.4. The van der Waals surface area contributed by atoms with Crippen LogP contribution in [-0.2, 0) is 34.5 Å². The van der Waals surface area contributed by atoms with E-state index in [0.29, 0.717) is 89.5 Å². The Kier molecular flexibility index (Phi) is 26.2. The molecular formula is C79H94B2F4N8O4S2. The summed E-state index contributed by atoms with van der Waals surface area (Å²) < 4.78 is 89.2. The Balaban J connectivity index is 0.764. The van der Waals surface area contributed by atoms with E-state index in [9.17, 15) is 8.63 Å². The first kappa shape index (κ1) is 73.9. The van der Waals surface area contributed by atoms with Crippen molar-refractivity contribution in [3.8, 4) is 11.5 Å². The number of anilines is 1. The molecule has 3 aliphatic rings. The number of hydrogen-bond donors (Lipinski definition) is 0. The summed E-state index contributed by atoms with van der Waals surface area (Å²) in [4.78, 5) is 12.6. The van der Waals surface area contributed by atoms with E-state index in [2.05, 4.69) is 111 Å². The number of benzene rings is 4. The number of hydrogen-bond acceptors (Lipinski definition) is 11. The average molecular weight is 1380 g/mol. The van der Waals surface area contributed by atoms with Gasteiger partial charge in [0.2, 0.25) is 0 Å². The lowest BCUT2D eigenvalue weighted by molar-refractivity contribution is 0.0605. The molecule has 0 spiro atoms. The third-order valence-corrected chi connectivity index (χ3v) is 20.2. The molecule has 0 aliphatic carbocycles. The SMILES string of the molecule is CCC1=C(C)/C(=C(\c2ccc(C(C)(C)C)cc2)c2c(C)c(CC)c(/C=C/c3ccc(OCCCCCCn4cc(COc5ccc(/C(=C6/N=C(C)C=C6C)c6c(C)cc(C)n6B(F)F)cc5)nn4)cc3)n2B(F)F)N=C1/C=C/c1ccc(N2CCSCCOCCOCCSCC2)cc1. The van der Waals surface area contributed by atoms with Crippen LogP contribution in [0.5, 0.6) is 11.5 Å². The van der Waals surface area contributed by atoms with Crippen molar-refractivity contribution in [2.75, 3.05) is 74.0 Å². The maximum Gasteiger partial charge on any atom is 0.678 e. The molecule has 20 heteroatoms. The third kappa shape index (κ3) is 18.8. The number of thioether (sulfide) groups is 2. The van der Waals surface area contributed by atoms with Gasteiger partial charge in [0.05, 0.1) is 56.3 Å². The van der Waals surface area contributed by atoms with Crippen LogP contribution in [0.2, 0.25) is 0 Å². The van der Waals surface area contributed by atoms with Crippen LogP contribution < -0.4 is 14.4 Å². The summed E-state index contributed by atoms with van der Waals surface area (Å²) in [5.74, 6) is 5.34. The number of ether oxygens (including phenoxy) is 4. The number of aromatic nitrogens is 5. The van der Waals surface area contributed by atoms with Crippen LogP contribution in [-0.4, -0.2) is 119 Å². The molecule has 0 amide bonds. The molecule has 12 nitrogen and oxygen atoms in total. The molecule has 0 saturated carbocycles. The zero-order valence-electron chi connectivity index (χ0n) is 59.4. The minimum absolute atomic E-state index is 0.108. The lowest BCUT2D eigenvalue weighted by atomic mass is 9.85. The number of aryl methyl sites for hydroxylation is 3. The van der Waals surface area contributed by atoms with Crippen LogP contribution in [0.4, 0.5) is 23.0 Å². The van der Waals surface area contributed by atoms with Crippen LogP contribution in [0.3, 0.4) is 0 Å². The molecule has 0 bridgehead atoms. The van der Waals surface area contributed by atoms with Crippen LogP contribution >= 0.6 is 23.5 Å². The number of unbranched alkanes of at least 4 members (excludes halogenated alkanes) is 3. The van der Waals surface area contributed by atoms with Crippen molar-refractivity contribution >= 4 is 84.8 Å². The highest BCUT2D eigenvalue weighted by molar-refractivity contribution is 7.99. The van der Waals surface area contributed by atoms with Crippen molar-refractivity contribution in [3.63, 3.8) is 0 Å². The van der Waals surface area contributed by atoms with Crippen molar-refractivity contribution < 1.29 is 36.2 Å². The van der Waals surface area contributed by atoms with E-state index < -0.39 is 14.8 Å². The van der Waals surface area contributed by atoms with Crippen molar-refractivity contribution in [3.05, 3.63) is 223 Å². The van der Waals surface area contributed by atoms with Crippen molar-refractivity contribution in [1.29, 1.82) is 0 Å². The van der Waals surface area contributed by atoms with Gasteiger partial charge in [-0.05, 0) is 201 Å². The monoisotopic (exact) mass is 1380 g/mol. The molecule has 0 atom stereocenters. The second-order valence-electron chi connectivity index (χ2n) is 26.4. The summed E-state index contributed by atoms with van der Waals surface area (Å²) in [7, 11) is -5.54. The molecule has 0 N–H and O–H groups in total. The lowest BCUT2D eigenvalue weighted by Gasteiger charge is -2.25. The fourth-order valence-electron chi connectivity index (χ4n) is 13.2. The van der Waals surface area contributed by atoms with E-state index in [1.807, 2.05) is 136 Å². The fourth-order valence-corrected chi connectivity index (χ4v) is 14.8. The van der Waals surface area contributed by atoms with Gasteiger partial charge in [0.25, 0.3) is 0 Å². The van der Waals surface area contributed by atoms with E-state index >= 15 is 8.63 Å². The summed E-state index contributed by atoms with van der Waals surface area (Å²) in [5, 5.41) is 8.67. The summed E-state index contributed by atoms with van der Waals surface area (Å²) in [6, 6.07) is 34.2. The quantitative estimate of drug-likeness (QED) is 0.0332. The van der Waals surface area contributed by atoms with Crippen LogP contribution in [0.15, 0.2) is 160 Å². The Hall–Kier alpha value is -7.77. The van der Waals surface area contributed by atoms with Gasteiger partial charge in [0.15, 0.2) is 0 Å². The van der Waals surface area contributed by atoms with E-state index in [4.69, 9.17) is 28.9 Å². The van der Waals surface area contributed by atoms with Gasteiger partial charge in [-0.25, -0.2) is 4.99 Å². The van der Waals surface area contributed by atoms with Crippen molar-refractivity contribution in [2.45, 2.75) is 133 Å². The maximum atomic E-state index is 16.2. The number of halogens is 4. The molecule has 4 aromatic carbocycles. The summed E-state index contributed by atoms with van der Waals surface area (Å²) in [6.07, 6.45) is 16.9. The van der Waals surface area contributed by atoms with Crippen LogP contribution in [0.1, 0.15) is 160 Å². The van der Waals surface area contributed by atoms with Gasteiger partial charge in [-0.1, -0.05) is 119 Å². The number of rotatable bonds is 24. The molecule has 3 aromatic heterocycles. The predicted molar refractivity (Wildman–Crippen MR) is 408 cm³/mol. The first-order valence-electron chi connectivity index (χ1n) is 34.8. The second-order valence-corrected chi connectivity index (χ2v) is 28.9. The summed E-state index contributed by atoms with van der Waals surface area (Å²) >= 11 is 3.84. The van der Waals surface area contributed by atoms with Gasteiger partial charge >= 0.3 is 14.8 Å². The largest absolute Gasteiger partial charge is 0.678 e. The highest BCUT2D eigenvalue weighted by atomic mass is 32.2. The van der Waals surface area contributed by atoms with E-state index in [0.717, 1.165) is 164 Å². The van der Waals surface area contributed by atoms with Crippen LogP contribution in [0, 0.1) is 20.8 Å². The number of nitrogens with zero attached hydrogens (tertiary/aromatic N) is 8. The number of aliphatic imine (C=N–C) groups is 2. The zero-order chi connectivity index (χ0) is 70.2. The minimum atomic E-state index is -2.84. The molecule has 3 aliphatic heterocycles. The van der Waals surface area contributed by atoms with E-state index in [1.165, 1.54) is 10.2 Å². The Morgan fingerprint density at radius 3 is 1.83 bits per heavy atom. The molecule has 520 valence electrons. The molecule has 10 rings (SSSR count). The van der Waals surface area contributed by atoms with Gasteiger partial charge in [-0.2, -0.15) is 23.5 Å². The normalized spacial score (nSPS) is 16.5. The average Bonchev–Trinajstić information content (AvgIpc) is 2.31. The van der Waals surface area contributed by atoms with E-state index in [1.54, 1.807) is 13.0 Å². The molecule has 99 heavy (non-hydrogen) atoms. The van der Waals surface area contributed by atoms with Gasteiger partial charge in [-0.3, -0.25) is 26.9 Å². The summed E-state index contributed by atoms with van der Waals surface area (Å²) in [5.41, 5.74) is 18.1. The van der Waals surface area contributed by atoms with Gasteiger partial charge in [0, 0.05) is 88.0 Å².